The maximum Gasteiger partial charge on any atom is 0.337 e. The SMILES string of the molecule is COC(=O)c1cccc(NC(=O)CCN(C(C)=O)c2ccccc2C)c1. The van der Waals surface area contributed by atoms with Gasteiger partial charge in [-0.2, -0.15) is 0 Å². The highest BCUT2D eigenvalue weighted by Crippen LogP contribution is 2.20. The molecule has 2 rings (SSSR count). The van der Waals surface area contributed by atoms with Crippen molar-refractivity contribution in [3.63, 3.8) is 0 Å². The summed E-state index contributed by atoms with van der Waals surface area (Å²) in [7, 11) is 1.30. The Morgan fingerprint density at radius 3 is 2.46 bits per heavy atom. The summed E-state index contributed by atoms with van der Waals surface area (Å²) in [5.74, 6) is -0.838. The van der Waals surface area contributed by atoms with Crippen molar-refractivity contribution in [2.75, 3.05) is 23.9 Å². The Kier molecular flexibility index (Phi) is 6.49. The van der Waals surface area contributed by atoms with E-state index in [0.29, 0.717) is 11.3 Å². The molecule has 0 aliphatic rings. The molecule has 0 saturated heterocycles. The van der Waals surface area contributed by atoms with E-state index in [-0.39, 0.29) is 24.8 Å². The van der Waals surface area contributed by atoms with E-state index in [0.717, 1.165) is 11.3 Å². The lowest BCUT2D eigenvalue weighted by molar-refractivity contribution is -0.117. The van der Waals surface area contributed by atoms with E-state index in [1.165, 1.54) is 14.0 Å². The molecule has 0 aliphatic carbocycles. The molecule has 0 aliphatic heterocycles. The van der Waals surface area contributed by atoms with Crippen molar-refractivity contribution in [1.29, 1.82) is 0 Å². The Hall–Kier alpha value is -3.15. The highest BCUT2D eigenvalue weighted by atomic mass is 16.5. The largest absolute Gasteiger partial charge is 0.465 e. The average molecular weight is 354 g/mol. The standard InChI is InChI=1S/C20H22N2O4/c1-14-7-4-5-10-18(14)22(15(2)23)12-11-19(24)21-17-9-6-8-16(13-17)20(25)26-3/h4-10,13H,11-12H2,1-3H3,(H,21,24). The lowest BCUT2D eigenvalue weighted by Gasteiger charge is -2.22. The van der Waals surface area contributed by atoms with Crippen LogP contribution in [0.5, 0.6) is 0 Å². The van der Waals surface area contributed by atoms with Crippen molar-refractivity contribution >= 4 is 29.2 Å². The monoisotopic (exact) mass is 354 g/mol. The molecule has 0 atom stereocenters. The van der Waals surface area contributed by atoms with Crippen LogP contribution < -0.4 is 10.2 Å². The van der Waals surface area contributed by atoms with Gasteiger partial charge >= 0.3 is 5.97 Å². The number of carbonyl (C=O) groups excluding carboxylic acids is 3. The molecule has 2 aromatic rings. The molecule has 2 amide bonds. The fourth-order valence-electron chi connectivity index (χ4n) is 2.59. The fourth-order valence-corrected chi connectivity index (χ4v) is 2.59. The van der Waals surface area contributed by atoms with Gasteiger partial charge in [0.25, 0.3) is 0 Å². The first-order chi connectivity index (χ1) is 12.4. The molecule has 0 heterocycles. The second kappa shape index (κ2) is 8.80. The second-order valence-corrected chi connectivity index (χ2v) is 5.83. The third-order valence-corrected chi connectivity index (χ3v) is 3.92. The van der Waals surface area contributed by atoms with Crippen molar-refractivity contribution in [2.45, 2.75) is 20.3 Å². The van der Waals surface area contributed by atoms with Crippen LogP contribution in [-0.2, 0) is 14.3 Å². The molecule has 6 nitrogen and oxygen atoms in total. The minimum Gasteiger partial charge on any atom is -0.465 e. The number of hydrogen-bond acceptors (Lipinski definition) is 4. The van der Waals surface area contributed by atoms with Crippen LogP contribution in [0.1, 0.15) is 29.3 Å². The van der Waals surface area contributed by atoms with Gasteiger partial charge in [0.05, 0.1) is 12.7 Å². The smallest absolute Gasteiger partial charge is 0.337 e. The van der Waals surface area contributed by atoms with E-state index in [4.69, 9.17) is 0 Å². The lowest BCUT2D eigenvalue weighted by Crippen LogP contribution is -2.32. The number of nitrogens with one attached hydrogen (secondary N) is 1. The number of carbonyl (C=O) groups is 3. The Labute approximate surface area is 152 Å². The topological polar surface area (TPSA) is 75.7 Å². The zero-order valence-electron chi connectivity index (χ0n) is 15.1. The quantitative estimate of drug-likeness (QED) is 0.809. The molecular formula is C20H22N2O4. The number of methoxy groups -OCH3 is 1. The van der Waals surface area contributed by atoms with Gasteiger partial charge in [-0.3, -0.25) is 9.59 Å². The number of nitrogens with zero attached hydrogens (tertiary/aromatic N) is 1. The van der Waals surface area contributed by atoms with Crippen LogP contribution in [0.4, 0.5) is 11.4 Å². The highest BCUT2D eigenvalue weighted by Gasteiger charge is 2.15. The molecule has 0 aromatic heterocycles. The lowest BCUT2D eigenvalue weighted by atomic mass is 10.1. The molecule has 136 valence electrons. The van der Waals surface area contributed by atoms with Crippen molar-refractivity contribution < 1.29 is 19.1 Å². The summed E-state index contributed by atoms with van der Waals surface area (Å²) in [6.45, 7) is 3.66. The van der Waals surface area contributed by atoms with Crippen molar-refractivity contribution in [2.24, 2.45) is 0 Å². The predicted molar refractivity (Wildman–Crippen MR) is 100 cm³/mol. The molecule has 6 heteroatoms. The van der Waals surface area contributed by atoms with Crippen LogP contribution in [0.3, 0.4) is 0 Å². The maximum absolute atomic E-state index is 12.2. The molecule has 0 unspecified atom stereocenters. The number of amides is 2. The maximum atomic E-state index is 12.2. The summed E-state index contributed by atoms with van der Waals surface area (Å²) >= 11 is 0. The molecule has 0 radical (unpaired) electrons. The highest BCUT2D eigenvalue weighted by molar-refractivity contribution is 5.96. The van der Waals surface area contributed by atoms with E-state index >= 15 is 0 Å². The number of para-hydroxylation sites is 1. The number of aryl methyl sites for hydroxylation is 1. The number of hydrogen-bond donors (Lipinski definition) is 1. The van der Waals surface area contributed by atoms with Gasteiger partial charge in [-0.25, -0.2) is 4.79 Å². The molecule has 0 saturated carbocycles. The molecule has 2 aromatic carbocycles. The fraction of sp³-hybridized carbons (Fsp3) is 0.250. The Morgan fingerprint density at radius 1 is 1.08 bits per heavy atom. The first-order valence-electron chi connectivity index (χ1n) is 8.24. The van der Waals surface area contributed by atoms with Crippen LogP contribution in [0.2, 0.25) is 0 Å². The summed E-state index contributed by atoms with van der Waals surface area (Å²) in [6.07, 6.45) is 0.135. The van der Waals surface area contributed by atoms with Crippen molar-refractivity contribution in [3.8, 4) is 0 Å². The molecule has 26 heavy (non-hydrogen) atoms. The number of rotatable bonds is 6. The first-order valence-corrected chi connectivity index (χ1v) is 8.24. The summed E-state index contributed by atoms with van der Waals surface area (Å²) in [6, 6.07) is 14.0. The summed E-state index contributed by atoms with van der Waals surface area (Å²) in [5, 5.41) is 2.74. The van der Waals surface area contributed by atoms with Gasteiger partial charge in [-0.15, -0.1) is 0 Å². The third kappa shape index (κ3) is 4.92. The number of esters is 1. The average Bonchev–Trinajstić information content (AvgIpc) is 2.62. The van der Waals surface area contributed by atoms with Crippen molar-refractivity contribution in [1.82, 2.24) is 0 Å². The molecule has 0 fully saturated rings. The second-order valence-electron chi connectivity index (χ2n) is 5.83. The molecular weight excluding hydrogens is 332 g/mol. The Balaban J connectivity index is 2.02. The first kappa shape index (κ1) is 19.2. The minimum absolute atomic E-state index is 0.125. The zero-order valence-corrected chi connectivity index (χ0v) is 15.1. The summed E-state index contributed by atoms with van der Waals surface area (Å²) in [5.41, 5.74) is 2.62. The van der Waals surface area contributed by atoms with Crippen LogP contribution in [-0.4, -0.2) is 31.4 Å². The van der Waals surface area contributed by atoms with Crippen molar-refractivity contribution in [3.05, 3.63) is 59.7 Å². The number of ether oxygens (including phenoxy) is 1. The zero-order chi connectivity index (χ0) is 19.1. The molecule has 1 N–H and O–H groups in total. The van der Waals surface area contributed by atoms with Gasteiger partial charge in [0.1, 0.15) is 0 Å². The van der Waals surface area contributed by atoms with Gasteiger partial charge in [0.2, 0.25) is 11.8 Å². The van der Waals surface area contributed by atoms with E-state index < -0.39 is 5.97 Å². The molecule has 0 bridgehead atoms. The van der Waals surface area contributed by atoms with Crippen LogP contribution in [0, 0.1) is 6.92 Å². The van der Waals surface area contributed by atoms with Crippen LogP contribution >= 0.6 is 0 Å². The van der Waals surface area contributed by atoms with Gasteiger partial charge in [-0.05, 0) is 36.8 Å². The van der Waals surface area contributed by atoms with Gasteiger partial charge in [0.15, 0.2) is 0 Å². The van der Waals surface area contributed by atoms with Gasteiger partial charge in [-0.1, -0.05) is 24.3 Å². The number of anilines is 2. The van der Waals surface area contributed by atoms with E-state index in [1.807, 2.05) is 31.2 Å². The Bertz CT molecular complexity index is 817. The summed E-state index contributed by atoms with van der Waals surface area (Å²) in [4.78, 5) is 37.3. The molecule has 0 spiro atoms. The van der Waals surface area contributed by atoms with E-state index in [2.05, 4.69) is 10.1 Å². The van der Waals surface area contributed by atoms with Crippen LogP contribution in [0.15, 0.2) is 48.5 Å². The van der Waals surface area contributed by atoms with Gasteiger partial charge < -0.3 is 15.0 Å². The Morgan fingerprint density at radius 2 is 1.81 bits per heavy atom. The number of benzene rings is 2. The predicted octanol–water partition coefficient (Wildman–Crippen LogP) is 3.16. The summed E-state index contributed by atoms with van der Waals surface area (Å²) < 4.78 is 4.67. The minimum atomic E-state index is -0.469. The van der Waals surface area contributed by atoms with E-state index in [1.54, 1.807) is 29.2 Å². The normalized spacial score (nSPS) is 10.1. The van der Waals surface area contributed by atoms with E-state index in [9.17, 15) is 14.4 Å². The van der Waals surface area contributed by atoms with Crippen LogP contribution in [0.25, 0.3) is 0 Å². The third-order valence-electron chi connectivity index (χ3n) is 3.92. The van der Waals surface area contributed by atoms with Gasteiger partial charge in [0, 0.05) is 31.3 Å².